The first kappa shape index (κ1) is 22.0. The summed E-state index contributed by atoms with van der Waals surface area (Å²) in [5.41, 5.74) is -0.561. The number of halogens is 4. The molecule has 0 spiro atoms. The van der Waals surface area contributed by atoms with E-state index in [1.807, 2.05) is 0 Å². The molecule has 1 unspecified atom stereocenters. The molecule has 0 bridgehead atoms. The van der Waals surface area contributed by atoms with Crippen LogP contribution in [-0.2, 0) is 9.53 Å². The molecule has 0 heterocycles. The van der Waals surface area contributed by atoms with Crippen LogP contribution in [-0.4, -0.2) is 29.3 Å². The van der Waals surface area contributed by atoms with Crippen molar-refractivity contribution in [3.05, 3.63) is 63.2 Å². The standard InChI is InChI=1S/C17H12ClF3N2O6/c1-9(28-16(25)13-8-11(23(26)27)4-7-14(13)18)15(24)22-10-2-5-12(6-3-10)29-17(19,20)21/h2-9H,1H3,(H,22,24). The summed E-state index contributed by atoms with van der Waals surface area (Å²) in [4.78, 5) is 34.3. The Labute approximate surface area is 166 Å². The van der Waals surface area contributed by atoms with Crippen LogP contribution in [0.5, 0.6) is 5.75 Å². The van der Waals surface area contributed by atoms with E-state index in [1.54, 1.807) is 0 Å². The number of amides is 1. The van der Waals surface area contributed by atoms with Crippen molar-refractivity contribution in [2.75, 3.05) is 5.32 Å². The fourth-order valence-electron chi connectivity index (χ4n) is 2.04. The van der Waals surface area contributed by atoms with Gasteiger partial charge in [0.15, 0.2) is 6.10 Å². The molecule has 8 nitrogen and oxygen atoms in total. The van der Waals surface area contributed by atoms with Crippen molar-refractivity contribution in [1.82, 2.24) is 0 Å². The number of alkyl halides is 3. The number of ether oxygens (including phenoxy) is 2. The minimum atomic E-state index is -4.85. The molecule has 0 aliphatic carbocycles. The van der Waals surface area contributed by atoms with Crippen LogP contribution in [0.1, 0.15) is 17.3 Å². The van der Waals surface area contributed by atoms with Crippen LogP contribution >= 0.6 is 11.6 Å². The van der Waals surface area contributed by atoms with Gasteiger partial charge in [0.25, 0.3) is 11.6 Å². The summed E-state index contributed by atoms with van der Waals surface area (Å²) in [6, 6.07) is 7.45. The van der Waals surface area contributed by atoms with Crippen molar-refractivity contribution in [2.45, 2.75) is 19.4 Å². The lowest BCUT2D eigenvalue weighted by Crippen LogP contribution is -2.30. The number of benzene rings is 2. The SMILES string of the molecule is CC(OC(=O)c1cc([N+](=O)[O-])ccc1Cl)C(=O)Nc1ccc(OC(F)(F)F)cc1. The van der Waals surface area contributed by atoms with Crippen LogP contribution in [0.15, 0.2) is 42.5 Å². The maximum atomic E-state index is 12.2. The molecule has 1 atom stereocenters. The molecule has 1 N–H and O–H groups in total. The number of carbonyl (C=O) groups excluding carboxylic acids is 2. The molecular formula is C17H12ClF3N2O6. The maximum absolute atomic E-state index is 12.2. The lowest BCUT2D eigenvalue weighted by atomic mass is 10.2. The van der Waals surface area contributed by atoms with E-state index in [9.17, 15) is 32.9 Å². The molecule has 2 rings (SSSR count). The summed E-state index contributed by atoms with van der Waals surface area (Å²) >= 11 is 5.83. The van der Waals surface area contributed by atoms with Gasteiger partial charge in [-0.3, -0.25) is 14.9 Å². The molecule has 0 saturated heterocycles. The Morgan fingerprint density at radius 3 is 2.34 bits per heavy atom. The first-order valence-corrected chi connectivity index (χ1v) is 8.15. The maximum Gasteiger partial charge on any atom is 0.573 e. The molecule has 12 heteroatoms. The summed E-state index contributed by atoms with van der Waals surface area (Å²) < 4.78 is 45.0. The Morgan fingerprint density at radius 2 is 1.79 bits per heavy atom. The molecule has 0 aliphatic heterocycles. The van der Waals surface area contributed by atoms with E-state index in [2.05, 4.69) is 10.1 Å². The monoisotopic (exact) mass is 432 g/mol. The van der Waals surface area contributed by atoms with Gasteiger partial charge in [-0.1, -0.05) is 11.6 Å². The van der Waals surface area contributed by atoms with E-state index in [0.29, 0.717) is 0 Å². The molecule has 0 radical (unpaired) electrons. The second-order valence-corrected chi connectivity index (χ2v) is 5.94. The summed E-state index contributed by atoms with van der Waals surface area (Å²) in [6.07, 6.45) is -6.18. The number of anilines is 1. The number of carbonyl (C=O) groups is 2. The molecule has 0 fully saturated rings. The zero-order valence-corrected chi connectivity index (χ0v) is 15.3. The van der Waals surface area contributed by atoms with E-state index in [4.69, 9.17) is 16.3 Å². The van der Waals surface area contributed by atoms with E-state index in [-0.39, 0.29) is 22.0 Å². The highest BCUT2D eigenvalue weighted by atomic mass is 35.5. The number of hydrogen-bond acceptors (Lipinski definition) is 6. The van der Waals surface area contributed by atoms with E-state index in [0.717, 1.165) is 42.5 Å². The van der Waals surface area contributed by atoms with E-state index < -0.39 is 35.0 Å². The molecule has 0 aromatic heterocycles. The third kappa shape index (κ3) is 6.35. The fraction of sp³-hybridized carbons (Fsp3) is 0.176. The van der Waals surface area contributed by atoms with Gasteiger partial charge in [-0.05, 0) is 37.3 Å². The normalized spacial score (nSPS) is 12.0. The van der Waals surface area contributed by atoms with Crippen LogP contribution in [0.4, 0.5) is 24.5 Å². The number of nitrogens with one attached hydrogen (secondary N) is 1. The quantitative estimate of drug-likeness (QED) is 0.413. The summed E-state index contributed by atoms with van der Waals surface area (Å²) in [7, 11) is 0. The first-order chi connectivity index (χ1) is 13.5. The van der Waals surface area contributed by atoms with Crippen molar-refractivity contribution < 1.29 is 37.2 Å². The highest BCUT2D eigenvalue weighted by Crippen LogP contribution is 2.25. The fourth-order valence-corrected chi connectivity index (χ4v) is 2.24. The van der Waals surface area contributed by atoms with Gasteiger partial charge < -0.3 is 14.8 Å². The number of nitrogens with zero attached hydrogens (tertiary/aromatic N) is 1. The van der Waals surface area contributed by atoms with Gasteiger partial charge in [0, 0.05) is 17.8 Å². The van der Waals surface area contributed by atoms with Crippen LogP contribution in [0, 0.1) is 10.1 Å². The number of esters is 1. The topological polar surface area (TPSA) is 108 Å². The number of nitro benzene ring substituents is 1. The van der Waals surface area contributed by atoms with Crippen molar-refractivity contribution in [3.63, 3.8) is 0 Å². The van der Waals surface area contributed by atoms with Crippen molar-refractivity contribution in [1.29, 1.82) is 0 Å². The molecule has 2 aromatic rings. The summed E-state index contributed by atoms with van der Waals surface area (Å²) in [5, 5.41) is 13.0. The minimum absolute atomic E-state index is 0.103. The third-order valence-corrected chi connectivity index (χ3v) is 3.72. The second-order valence-electron chi connectivity index (χ2n) is 5.53. The zero-order chi connectivity index (χ0) is 21.8. The first-order valence-electron chi connectivity index (χ1n) is 7.78. The highest BCUT2D eigenvalue weighted by molar-refractivity contribution is 6.33. The van der Waals surface area contributed by atoms with Crippen LogP contribution in [0.25, 0.3) is 0 Å². The molecule has 2 aromatic carbocycles. The van der Waals surface area contributed by atoms with Gasteiger partial charge >= 0.3 is 12.3 Å². The average molecular weight is 433 g/mol. The van der Waals surface area contributed by atoms with E-state index >= 15 is 0 Å². The van der Waals surface area contributed by atoms with Crippen molar-refractivity contribution >= 4 is 34.9 Å². The van der Waals surface area contributed by atoms with Gasteiger partial charge in [-0.25, -0.2) is 4.79 Å². The number of non-ortho nitro benzene ring substituents is 1. The molecule has 0 aliphatic rings. The number of rotatable bonds is 6. The van der Waals surface area contributed by atoms with Gasteiger partial charge in [0.05, 0.1) is 15.5 Å². The van der Waals surface area contributed by atoms with E-state index in [1.165, 1.54) is 6.92 Å². The Hall–Kier alpha value is -3.34. The van der Waals surface area contributed by atoms with Gasteiger partial charge in [-0.2, -0.15) is 0 Å². The Balaban J connectivity index is 2.01. The molecule has 154 valence electrons. The molecule has 29 heavy (non-hydrogen) atoms. The summed E-state index contributed by atoms with van der Waals surface area (Å²) in [5.74, 6) is -2.32. The Kier molecular flexibility index (Phi) is 6.64. The lowest BCUT2D eigenvalue weighted by molar-refractivity contribution is -0.384. The van der Waals surface area contributed by atoms with Crippen LogP contribution in [0.2, 0.25) is 5.02 Å². The van der Waals surface area contributed by atoms with Crippen molar-refractivity contribution in [2.24, 2.45) is 0 Å². The van der Waals surface area contributed by atoms with Gasteiger partial charge in [-0.15, -0.1) is 13.2 Å². The largest absolute Gasteiger partial charge is 0.573 e. The third-order valence-electron chi connectivity index (χ3n) is 3.39. The number of hydrogen-bond donors (Lipinski definition) is 1. The predicted molar refractivity (Wildman–Crippen MR) is 94.7 cm³/mol. The molecule has 0 saturated carbocycles. The minimum Gasteiger partial charge on any atom is -0.449 e. The smallest absolute Gasteiger partial charge is 0.449 e. The zero-order valence-electron chi connectivity index (χ0n) is 14.5. The average Bonchev–Trinajstić information content (AvgIpc) is 2.62. The van der Waals surface area contributed by atoms with Crippen molar-refractivity contribution in [3.8, 4) is 5.75 Å². The van der Waals surface area contributed by atoms with Gasteiger partial charge in [0.1, 0.15) is 5.75 Å². The molecular weight excluding hydrogens is 421 g/mol. The Morgan fingerprint density at radius 1 is 1.17 bits per heavy atom. The Bertz CT molecular complexity index is 934. The predicted octanol–water partition coefficient (Wildman–Crippen LogP) is 4.33. The van der Waals surface area contributed by atoms with Crippen LogP contribution in [0.3, 0.4) is 0 Å². The summed E-state index contributed by atoms with van der Waals surface area (Å²) in [6.45, 7) is 1.24. The second kappa shape index (κ2) is 8.78. The lowest BCUT2D eigenvalue weighted by Gasteiger charge is -2.14. The highest BCUT2D eigenvalue weighted by Gasteiger charge is 2.31. The number of nitro groups is 1. The van der Waals surface area contributed by atoms with Gasteiger partial charge in [0.2, 0.25) is 0 Å². The van der Waals surface area contributed by atoms with Crippen LogP contribution < -0.4 is 10.1 Å². The molecule has 1 amide bonds.